The second-order valence-corrected chi connectivity index (χ2v) is 3.76. The Morgan fingerprint density at radius 3 is 2.88 bits per heavy atom. The topological polar surface area (TPSA) is 65.1 Å². The quantitative estimate of drug-likeness (QED) is 0.786. The highest BCUT2D eigenvalue weighted by Crippen LogP contribution is 2.25. The van der Waals surface area contributed by atoms with Crippen LogP contribution in [0.4, 0.5) is 11.4 Å². The number of nitrogens with one attached hydrogen (secondary N) is 1. The van der Waals surface area contributed by atoms with Crippen molar-refractivity contribution in [3.8, 4) is 5.75 Å². The molecular formula is C12H16N4O. The molecule has 0 aliphatic carbocycles. The highest BCUT2D eigenvalue weighted by Gasteiger charge is 2.02. The number of nitrogens with two attached hydrogens (primary N) is 1. The van der Waals surface area contributed by atoms with Gasteiger partial charge in [-0.25, -0.2) is 0 Å². The van der Waals surface area contributed by atoms with Crippen molar-refractivity contribution in [3.63, 3.8) is 0 Å². The average molecular weight is 232 g/mol. The van der Waals surface area contributed by atoms with E-state index in [2.05, 4.69) is 10.4 Å². The minimum Gasteiger partial charge on any atom is -0.495 e. The van der Waals surface area contributed by atoms with Gasteiger partial charge in [-0.05, 0) is 18.2 Å². The minimum atomic E-state index is 0.638. The summed E-state index contributed by atoms with van der Waals surface area (Å²) in [5.74, 6) is 0.681. The van der Waals surface area contributed by atoms with Crippen LogP contribution in [0.25, 0.3) is 0 Å². The Hall–Kier alpha value is -2.17. The van der Waals surface area contributed by atoms with E-state index >= 15 is 0 Å². The average Bonchev–Trinajstić information content (AvgIpc) is 2.74. The second kappa shape index (κ2) is 4.78. The Bertz CT molecular complexity index is 507. The van der Waals surface area contributed by atoms with Crippen LogP contribution in [-0.4, -0.2) is 16.9 Å². The number of hydrogen-bond acceptors (Lipinski definition) is 4. The molecule has 5 heteroatoms. The maximum atomic E-state index is 5.75. The highest BCUT2D eigenvalue weighted by atomic mass is 16.5. The summed E-state index contributed by atoms with van der Waals surface area (Å²) in [4.78, 5) is 0. The van der Waals surface area contributed by atoms with Crippen molar-refractivity contribution < 1.29 is 4.74 Å². The first kappa shape index (κ1) is 11.3. The molecule has 90 valence electrons. The summed E-state index contributed by atoms with van der Waals surface area (Å²) in [6.45, 7) is 0.712. The second-order valence-electron chi connectivity index (χ2n) is 3.76. The predicted octanol–water partition coefficient (Wildman–Crippen LogP) is 1.62. The fourth-order valence-electron chi connectivity index (χ4n) is 1.59. The van der Waals surface area contributed by atoms with E-state index in [1.54, 1.807) is 13.3 Å². The molecule has 3 N–H and O–H groups in total. The number of aryl methyl sites for hydroxylation is 1. The predicted molar refractivity (Wildman–Crippen MR) is 67.9 cm³/mol. The standard InChI is InChI=1S/C12H16N4O/c1-16-10(5-6-15-16)8-14-9-3-4-11(13)12(7-9)17-2/h3-7,14H,8,13H2,1-2H3. The van der Waals surface area contributed by atoms with Crippen LogP contribution in [0, 0.1) is 0 Å². The van der Waals surface area contributed by atoms with Gasteiger partial charge >= 0.3 is 0 Å². The van der Waals surface area contributed by atoms with Gasteiger partial charge in [-0.3, -0.25) is 4.68 Å². The van der Waals surface area contributed by atoms with Crippen molar-refractivity contribution in [2.24, 2.45) is 7.05 Å². The zero-order chi connectivity index (χ0) is 12.3. The van der Waals surface area contributed by atoms with Crippen molar-refractivity contribution in [1.82, 2.24) is 9.78 Å². The van der Waals surface area contributed by atoms with E-state index in [1.807, 2.05) is 36.0 Å². The van der Waals surface area contributed by atoms with Gasteiger partial charge in [0.15, 0.2) is 0 Å². The van der Waals surface area contributed by atoms with Crippen LogP contribution >= 0.6 is 0 Å². The van der Waals surface area contributed by atoms with Gasteiger partial charge in [-0.1, -0.05) is 0 Å². The zero-order valence-electron chi connectivity index (χ0n) is 9.97. The van der Waals surface area contributed by atoms with Gasteiger partial charge in [0, 0.05) is 25.0 Å². The minimum absolute atomic E-state index is 0.638. The molecule has 0 bridgehead atoms. The highest BCUT2D eigenvalue weighted by molar-refractivity contribution is 5.61. The number of benzene rings is 1. The lowest BCUT2D eigenvalue weighted by Gasteiger charge is -2.10. The maximum Gasteiger partial charge on any atom is 0.143 e. The molecule has 5 nitrogen and oxygen atoms in total. The normalized spacial score (nSPS) is 10.2. The van der Waals surface area contributed by atoms with Crippen LogP contribution in [-0.2, 0) is 13.6 Å². The molecule has 2 rings (SSSR count). The Kier molecular flexibility index (Phi) is 3.18. The summed E-state index contributed by atoms with van der Waals surface area (Å²) in [5.41, 5.74) is 8.47. The van der Waals surface area contributed by atoms with Crippen LogP contribution in [0.5, 0.6) is 5.75 Å². The number of nitrogens with zero attached hydrogens (tertiary/aromatic N) is 2. The maximum absolute atomic E-state index is 5.75. The summed E-state index contributed by atoms with van der Waals surface area (Å²) in [5, 5.41) is 7.40. The van der Waals surface area contributed by atoms with Crippen molar-refractivity contribution in [2.75, 3.05) is 18.2 Å². The Morgan fingerprint density at radius 2 is 2.24 bits per heavy atom. The molecule has 0 fully saturated rings. The number of hydrogen-bond donors (Lipinski definition) is 2. The van der Waals surface area contributed by atoms with E-state index < -0.39 is 0 Å². The molecule has 2 aromatic rings. The number of nitrogen functional groups attached to an aromatic ring is 1. The molecule has 0 saturated carbocycles. The summed E-state index contributed by atoms with van der Waals surface area (Å²) < 4.78 is 7.00. The molecule has 0 unspecified atom stereocenters. The molecule has 17 heavy (non-hydrogen) atoms. The van der Waals surface area contributed by atoms with E-state index in [-0.39, 0.29) is 0 Å². The molecule has 0 radical (unpaired) electrons. The molecule has 0 spiro atoms. The van der Waals surface area contributed by atoms with Crippen LogP contribution in [0.1, 0.15) is 5.69 Å². The van der Waals surface area contributed by atoms with Crippen LogP contribution in [0.2, 0.25) is 0 Å². The SMILES string of the molecule is COc1cc(NCc2ccnn2C)ccc1N. The Labute approximate surface area is 100 Å². The van der Waals surface area contributed by atoms with Gasteiger partial charge in [0.2, 0.25) is 0 Å². The lowest BCUT2D eigenvalue weighted by atomic mass is 10.2. The fraction of sp³-hybridized carbons (Fsp3) is 0.250. The number of rotatable bonds is 4. The summed E-state index contributed by atoms with van der Waals surface area (Å²) >= 11 is 0. The molecule has 0 aliphatic heterocycles. The third-order valence-corrected chi connectivity index (χ3v) is 2.63. The number of ether oxygens (including phenoxy) is 1. The molecule has 0 saturated heterocycles. The van der Waals surface area contributed by atoms with Gasteiger partial charge in [0.1, 0.15) is 5.75 Å². The fourth-order valence-corrected chi connectivity index (χ4v) is 1.59. The molecule has 0 aliphatic rings. The van der Waals surface area contributed by atoms with Crippen LogP contribution in [0.15, 0.2) is 30.5 Å². The Balaban J connectivity index is 2.07. The van der Waals surface area contributed by atoms with E-state index in [4.69, 9.17) is 10.5 Å². The first-order chi connectivity index (χ1) is 8.20. The third kappa shape index (κ3) is 2.50. The van der Waals surface area contributed by atoms with E-state index in [0.29, 0.717) is 18.0 Å². The molecular weight excluding hydrogens is 216 g/mol. The number of anilines is 2. The van der Waals surface area contributed by atoms with Gasteiger partial charge in [0.25, 0.3) is 0 Å². The van der Waals surface area contributed by atoms with Gasteiger partial charge in [0.05, 0.1) is 25.0 Å². The smallest absolute Gasteiger partial charge is 0.143 e. The van der Waals surface area contributed by atoms with E-state index in [9.17, 15) is 0 Å². The van der Waals surface area contributed by atoms with Crippen molar-refractivity contribution in [2.45, 2.75) is 6.54 Å². The lowest BCUT2D eigenvalue weighted by molar-refractivity contribution is 0.417. The van der Waals surface area contributed by atoms with E-state index in [0.717, 1.165) is 11.4 Å². The zero-order valence-corrected chi connectivity index (χ0v) is 9.97. The molecule has 1 aromatic heterocycles. The third-order valence-electron chi connectivity index (χ3n) is 2.63. The van der Waals surface area contributed by atoms with Gasteiger partial charge in [-0.2, -0.15) is 5.10 Å². The molecule has 0 amide bonds. The Morgan fingerprint density at radius 1 is 1.41 bits per heavy atom. The van der Waals surface area contributed by atoms with Gasteiger partial charge < -0.3 is 15.8 Å². The summed E-state index contributed by atoms with van der Waals surface area (Å²) in [6.07, 6.45) is 1.78. The molecule has 0 atom stereocenters. The summed E-state index contributed by atoms with van der Waals surface area (Å²) in [6, 6.07) is 7.60. The molecule has 1 aromatic carbocycles. The van der Waals surface area contributed by atoms with E-state index in [1.165, 1.54) is 0 Å². The van der Waals surface area contributed by atoms with Crippen molar-refractivity contribution in [3.05, 3.63) is 36.2 Å². The lowest BCUT2D eigenvalue weighted by Crippen LogP contribution is -2.05. The van der Waals surface area contributed by atoms with Gasteiger partial charge in [-0.15, -0.1) is 0 Å². The first-order valence-corrected chi connectivity index (χ1v) is 5.35. The largest absolute Gasteiger partial charge is 0.495 e. The molecule has 1 heterocycles. The van der Waals surface area contributed by atoms with Crippen LogP contribution < -0.4 is 15.8 Å². The summed E-state index contributed by atoms with van der Waals surface area (Å²) in [7, 11) is 3.52. The number of methoxy groups -OCH3 is 1. The van der Waals surface area contributed by atoms with Crippen LogP contribution in [0.3, 0.4) is 0 Å². The van der Waals surface area contributed by atoms with Crippen molar-refractivity contribution >= 4 is 11.4 Å². The van der Waals surface area contributed by atoms with Crippen molar-refractivity contribution in [1.29, 1.82) is 0 Å². The number of aromatic nitrogens is 2. The monoisotopic (exact) mass is 232 g/mol. The first-order valence-electron chi connectivity index (χ1n) is 5.35.